The van der Waals surface area contributed by atoms with Gasteiger partial charge >= 0.3 is 5.97 Å². The molecule has 0 aromatic rings. The highest BCUT2D eigenvalue weighted by molar-refractivity contribution is 5.93. The third-order valence-electron chi connectivity index (χ3n) is 3.78. The maximum absolute atomic E-state index is 12.0. The predicted octanol–water partition coefficient (Wildman–Crippen LogP) is 3.00. The highest BCUT2D eigenvalue weighted by atomic mass is 16.5. The molecule has 1 atom stereocenters. The summed E-state index contributed by atoms with van der Waals surface area (Å²) in [6.45, 7) is 6.04. The Labute approximate surface area is 133 Å². The van der Waals surface area contributed by atoms with Crippen molar-refractivity contribution in [3.63, 3.8) is 0 Å². The molecule has 1 heterocycles. The van der Waals surface area contributed by atoms with Crippen molar-refractivity contribution < 1.29 is 14.3 Å². The van der Waals surface area contributed by atoms with E-state index in [1.165, 1.54) is 6.08 Å². The Morgan fingerprint density at radius 1 is 1.55 bits per heavy atom. The van der Waals surface area contributed by atoms with E-state index < -0.39 is 5.97 Å². The highest BCUT2D eigenvalue weighted by Crippen LogP contribution is 2.14. The Balaban J connectivity index is 2.55. The molecule has 1 aliphatic rings. The van der Waals surface area contributed by atoms with Crippen LogP contribution in [0.15, 0.2) is 23.6 Å². The van der Waals surface area contributed by atoms with Gasteiger partial charge in [0.1, 0.15) is 18.2 Å². The molecule has 0 aromatic carbocycles. The normalized spacial score (nSPS) is 18.0. The third-order valence-corrected chi connectivity index (χ3v) is 3.78. The van der Waals surface area contributed by atoms with Gasteiger partial charge in [-0.15, -0.1) is 0 Å². The molecule has 5 nitrogen and oxygen atoms in total. The van der Waals surface area contributed by atoms with Gasteiger partial charge in [-0.2, -0.15) is 5.26 Å². The number of esters is 1. The van der Waals surface area contributed by atoms with Crippen molar-refractivity contribution >= 4 is 5.97 Å². The zero-order valence-corrected chi connectivity index (χ0v) is 13.8. The number of hydrogen-bond acceptors (Lipinski definition) is 5. The number of nitrogens with zero attached hydrogens (tertiary/aromatic N) is 2. The number of ether oxygens (including phenoxy) is 2. The Morgan fingerprint density at radius 2 is 2.32 bits per heavy atom. The molecule has 0 aliphatic carbocycles. The molecule has 0 saturated carbocycles. The first-order valence-electron chi connectivity index (χ1n) is 7.95. The van der Waals surface area contributed by atoms with Crippen molar-refractivity contribution in [2.75, 3.05) is 26.8 Å². The first-order valence-corrected chi connectivity index (χ1v) is 7.95. The number of carbonyl (C=O) groups excluding carboxylic acids is 1. The summed E-state index contributed by atoms with van der Waals surface area (Å²) in [5.41, 5.74) is 0.00162. The van der Waals surface area contributed by atoms with Crippen LogP contribution in [0, 0.1) is 17.2 Å². The van der Waals surface area contributed by atoms with Crippen LogP contribution in [0.1, 0.15) is 39.5 Å². The topological polar surface area (TPSA) is 62.6 Å². The smallest absolute Gasteiger partial charge is 0.348 e. The van der Waals surface area contributed by atoms with Gasteiger partial charge in [0.2, 0.25) is 0 Å². The lowest BCUT2D eigenvalue weighted by atomic mass is 10.0. The van der Waals surface area contributed by atoms with Crippen molar-refractivity contribution in [3.05, 3.63) is 23.6 Å². The molecular weight excluding hydrogens is 280 g/mol. The predicted molar refractivity (Wildman–Crippen MR) is 84.6 cm³/mol. The summed E-state index contributed by atoms with van der Waals surface area (Å²) >= 11 is 0. The van der Waals surface area contributed by atoms with Gasteiger partial charge in [0.05, 0.1) is 13.2 Å². The van der Waals surface area contributed by atoms with Gasteiger partial charge in [-0.25, -0.2) is 4.79 Å². The lowest BCUT2D eigenvalue weighted by Crippen LogP contribution is -2.15. The summed E-state index contributed by atoms with van der Waals surface area (Å²) in [5.74, 6) is 0.469. The fourth-order valence-electron chi connectivity index (χ4n) is 2.16. The molecule has 22 heavy (non-hydrogen) atoms. The molecule has 0 N–H and O–H groups in total. The molecule has 0 aromatic heterocycles. The maximum atomic E-state index is 12.0. The molecule has 0 bridgehead atoms. The van der Waals surface area contributed by atoms with Crippen LogP contribution in [0.5, 0.6) is 0 Å². The second kappa shape index (κ2) is 9.88. The summed E-state index contributed by atoms with van der Waals surface area (Å²) < 4.78 is 10.7. The molecule has 1 fully saturated rings. The maximum Gasteiger partial charge on any atom is 0.348 e. The van der Waals surface area contributed by atoms with Gasteiger partial charge in [-0.05, 0) is 24.5 Å². The molecule has 1 unspecified atom stereocenters. The first kappa shape index (κ1) is 18.1. The monoisotopic (exact) mass is 306 g/mol. The molecule has 1 rings (SSSR count). The lowest BCUT2D eigenvalue weighted by molar-refractivity contribution is -0.140. The number of carbonyl (C=O) groups is 1. The van der Waals surface area contributed by atoms with Gasteiger partial charge in [-0.3, -0.25) is 0 Å². The van der Waals surface area contributed by atoms with Crippen LogP contribution >= 0.6 is 0 Å². The molecule has 0 amide bonds. The van der Waals surface area contributed by atoms with E-state index in [0.29, 0.717) is 25.0 Å². The molecule has 0 spiro atoms. The van der Waals surface area contributed by atoms with Crippen molar-refractivity contribution in [3.8, 4) is 6.07 Å². The number of nitriles is 1. The summed E-state index contributed by atoms with van der Waals surface area (Å²) in [4.78, 5) is 13.9. The van der Waals surface area contributed by atoms with Crippen LogP contribution in [-0.2, 0) is 14.3 Å². The van der Waals surface area contributed by atoms with Gasteiger partial charge in [0, 0.05) is 7.05 Å². The minimum atomic E-state index is -0.560. The van der Waals surface area contributed by atoms with Crippen molar-refractivity contribution in [1.82, 2.24) is 4.90 Å². The van der Waals surface area contributed by atoms with E-state index in [9.17, 15) is 4.79 Å². The fraction of sp³-hybridized carbons (Fsp3) is 0.647. The molecule has 1 saturated heterocycles. The Morgan fingerprint density at radius 3 is 2.86 bits per heavy atom. The van der Waals surface area contributed by atoms with Crippen LogP contribution in [-0.4, -0.2) is 37.7 Å². The molecule has 122 valence electrons. The first-order chi connectivity index (χ1) is 10.6. The minimum absolute atomic E-state index is 0.00162. The van der Waals surface area contributed by atoms with Crippen molar-refractivity contribution in [2.24, 2.45) is 5.92 Å². The third kappa shape index (κ3) is 5.80. The average Bonchev–Trinajstić information content (AvgIpc) is 2.93. The highest BCUT2D eigenvalue weighted by Gasteiger charge is 2.15. The zero-order valence-electron chi connectivity index (χ0n) is 13.8. The van der Waals surface area contributed by atoms with E-state index >= 15 is 0 Å². The second-order valence-electron chi connectivity index (χ2n) is 5.48. The number of allylic oxidation sites excluding steroid dienone is 2. The van der Waals surface area contributed by atoms with Crippen LogP contribution < -0.4 is 0 Å². The SMILES string of the molecule is CCCCC(CC)COC(=O)C(C#N)=CC=C1OCCN1C. The van der Waals surface area contributed by atoms with Crippen LogP contribution in [0.3, 0.4) is 0 Å². The quantitative estimate of drug-likeness (QED) is 0.392. The number of unbranched alkanes of at least 4 members (excludes halogenated alkanes) is 1. The van der Waals surface area contributed by atoms with Crippen LogP contribution in [0.2, 0.25) is 0 Å². The number of likely N-dealkylation sites (N-methyl/N-ethyl adjacent to an activating group) is 1. The van der Waals surface area contributed by atoms with Gasteiger partial charge in [0.15, 0.2) is 5.88 Å². The molecule has 1 aliphatic heterocycles. The summed E-state index contributed by atoms with van der Waals surface area (Å²) in [5, 5.41) is 9.10. The van der Waals surface area contributed by atoms with Crippen molar-refractivity contribution in [1.29, 1.82) is 5.26 Å². The van der Waals surface area contributed by atoms with E-state index in [1.807, 2.05) is 18.0 Å². The van der Waals surface area contributed by atoms with E-state index in [0.717, 1.165) is 32.2 Å². The van der Waals surface area contributed by atoms with Gasteiger partial charge in [-0.1, -0.05) is 33.1 Å². The Hall–Kier alpha value is -1.96. The number of rotatable bonds is 8. The summed E-state index contributed by atoms with van der Waals surface area (Å²) in [7, 11) is 1.90. The summed E-state index contributed by atoms with van der Waals surface area (Å²) in [6, 6.07) is 1.89. The van der Waals surface area contributed by atoms with E-state index in [4.69, 9.17) is 14.7 Å². The molecule has 0 radical (unpaired) electrons. The molecular formula is C17H26N2O3. The zero-order chi connectivity index (χ0) is 16.4. The minimum Gasteiger partial charge on any atom is -0.477 e. The fourth-order valence-corrected chi connectivity index (χ4v) is 2.16. The average molecular weight is 306 g/mol. The lowest BCUT2D eigenvalue weighted by Gasteiger charge is -2.14. The Bertz CT molecular complexity index is 463. The van der Waals surface area contributed by atoms with Crippen LogP contribution in [0.25, 0.3) is 0 Å². The van der Waals surface area contributed by atoms with Crippen molar-refractivity contribution in [2.45, 2.75) is 39.5 Å². The van der Waals surface area contributed by atoms with Gasteiger partial charge in [0.25, 0.3) is 0 Å². The van der Waals surface area contributed by atoms with Crippen LogP contribution in [0.4, 0.5) is 0 Å². The van der Waals surface area contributed by atoms with E-state index in [2.05, 4.69) is 13.8 Å². The van der Waals surface area contributed by atoms with Gasteiger partial charge < -0.3 is 14.4 Å². The number of hydrogen-bond donors (Lipinski definition) is 0. The Kier molecular flexibility index (Phi) is 8.13. The largest absolute Gasteiger partial charge is 0.477 e. The van der Waals surface area contributed by atoms with E-state index in [-0.39, 0.29) is 5.57 Å². The standard InChI is InChI=1S/C17H26N2O3/c1-4-6-7-14(5-2)13-22-17(20)15(12-18)8-9-16-19(3)10-11-21-16/h8-9,14H,4-7,10-11,13H2,1-3H3. The second-order valence-corrected chi connectivity index (χ2v) is 5.48. The van der Waals surface area contributed by atoms with E-state index in [1.54, 1.807) is 6.08 Å². The summed E-state index contributed by atoms with van der Waals surface area (Å²) in [6.07, 6.45) is 7.39. The molecule has 5 heteroatoms.